The van der Waals surface area contributed by atoms with Crippen molar-refractivity contribution in [3.05, 3.63) is 43.1 Å². The fourth-order valence-electron chi connectivity index (χ4n) is 2.63. The summed E-state index contributed by atoms with van der Waals surface area (Å²) in [5.74, 6) is -1.25. The van der Waals surface area contributed by atoms with Crippen molar-refractivity contribution in [1.82, 2.24) is 4.90 Å². The molecule has 0 aromatic heterocycles. The molecule has 9 nitrogen and oxygen atoms in total. The summed E-state index contributed by atoms with van der Waals surface area (Å²) in [5.41, 5.74) is 1.20. The van der Waals surface area contributed by atoms with Crippen LogP contribution < -0.4 is 5.32 Å². The highest BCUT2D eigenvalue weighted by Crippen LogP contribution is 2.37. The Balaban J connectivity index is 2.57. The smallest absolute Gasteiger partial charge is 0.337 e. The quantitative estimate of drug-likeness (QED) is 0.401. The zero-order valence-electron chi connectivity index (χ0n) is 14.5. The summed E-state index contributed by atoms with van der Waals surface area (Å²) in [6.07, 6.45) is 0. The second kappa shape index (κ2) is 7.83. The molecule has 1 aromatic carbocycles. The minimum absolute atomic E-state index is 0.0327. The Labute approximate surface area is 157 Å². The molecule has 1 aliphatic rings. The van der Waals surface area contributed by atoms with Crippen molar-refractivity contribution in [3.63, 3.8) is 0 Å². The standard InChI is InChI=1S/C16H18BrN3O6/c1-8-9(2)13(12(20(24)25)6-11(8)17)18-14-10(16(23)26-3)7-19(4-5-21)15(14)22/h6,18,21H,4-5,7H2,1-3H3. The van der Waals surface area contributed by atoms with Crippen molar-refractivity contribution in [1.29, 1.82) is 0 Å². The number of carbonyl (C=O) groups is 2. The summed E-state index contributed by atoms with van der Waals surface area (Å²) < 4.78 is 5.27. The first-order valence-electron chi connectivity index (χ1n) is 7.65. The average molecular weight is 428 g/mol. The van der Waals surface area contributed by atoms with Gasteiger partial charge < -0.3 is 20.1 Å². The molecule has 0 unspecified atom stereocenters. The lowest BCUT2D eigenvalue weighted by atomic mass is 10.1. The fraction of sp³-hybridized carbons (Fsp3) is 0.375. The normalized spacial score (nSPS) is 14.0. The number of nitrogens with one attached hydrogen (secondary N) is 1. The van der Waals surface area contributed by atoms with E-state index >= 15 is 0 Å². The molecular weight excluding hydrogens is 410 g/mol. The van der Waals surface area contributed by atoms with Crippen LogP contribution in [0.2, 0.25) is 0 Å². The van der Waals surface area contributed by atoms with Crippen LogP contribution >= 0.6 is 15.9 Å². The summed E-state index contributed by atoms with van der Waals surface area (Å²) in [6, 6.07) is 1.34. The van der Waals surface area contributed by atoms with Gasteiger partial charge in [0.15, 0.2) is 0 Å². The number of esters is 1. The lowest BCUT2D eigenvalue weighted by Gasteiger charge is -2.16. The molecule has 0 aliphatic carbocycles. The molecule has 26 heavy (non-hydrogen) atoms. The molecule has 10 heteroatoms. The van der Waals surface area contributed by atoms with E-state index in [9.17, 15) is 19.7 Å². The molecule has 1 aromatic rings. The van der Waals surface area contributed by atoms with Crippen LogP contribution in [0.1, 0.15) is 11.1 Å². The van der Waals surface area contributed by atoms with E-state index in [0.717, 1.165) is 5.56 Å². The number of ether oxygens (including phenoxy) is 1. The number of carbonyl (C=O) groups excluding carboxylic acids is 2. The maximum Gasteiger partial charge on any atom is 0.337 e. The summed E-state index contributed by atoms with van der Waals surface area (Å²) >= 11 is 3.28. The Morgan fingerprint density at radius 2 is 2.12 bits per heavy atom. The third-order valence-corrected chi connectivity index (χ3v) is 5.04. The number of nitro benzene ring substituents is 1. The van der Waals surface area contributed by atoms with Crippen LogP contribution in [0.15, 0.2) is 21.8 Å². The van der Waals surface area contributed by atoms with E-state index < -0.39 is 16.8 Å². The van der Waals surface area contributed by atoms with Crippen LogP contribution in [0.25, 0.3) is 0 Å². The van der Waals surface area contributed by atoms with E-state index in [-0.39, 0.29) is 42.3 Å². The lowest BCUT2D eigenvalue weighted by molar-refractivity contribution is -0.384. The van der Waals surface area contributed by atoms with Gasteiger partial charge in [-0.3, -0.25) is 14.9 Å². The van der Waals surface area contributed by atoms with E-state index in [2.05, 4.69) is 21.2 Å². The van der Waals surface area contributed by atoms with Gasteiger partial charge in [0.2, 0.25) is 0 Å². The van der Waals surface area contributed by atoms with Gasteiger partial charge in [-0.1, -0.05) is 15.9 Å². The molecule has 0 radical (unpaired) electrons. The summed E-state index contributed by atoms with van der Waals surface area (Å²) in [5, 5.41) is 23.3. The first-order valence-corrected chi connectivity index (χ1v) is 8.44. The van der Waals surface area contributed by atoms with Gasteiger partial charge in [-0.2, -0.15) is 0 Å². The number of methoxy groups -OCH3 is 1. The zero-order valence-corrected chi connectivity index (χ0v) is 16.0. The number of nitrogens with zero attached hydrogens (tertiary/aromatic N) is 2. The molecule has 0 fully saturated rings. The van der Waals surface area contributed by atoms with Crippen LogP contribution in [-0.2, 0) is 14.3 Å². The van der Waals surface area contributed by atoms with Crippen LogP contribution in [-0.4, -0.2) is 53.6 Å². The Kier molecular flexibility index (Phi) is 5.98. The highest BCUT2D eigenvalue weighted by atomic mass is 79.9. The van der Waals surface area contributed by atoms with Crippen LogP contribution in [0.5, 0.6) is 0 Å². The molecule has 1 heterocycles. The van der Waals surface area contributed by atoms with Crippen LogP contribution in [0.3, 0.4) is 0 Å². The number of hydrogen-bond acceptors (Lipinski definition) is 7. The Morgan fingerprint density at radius 3 is 2.65 bits per heavy atom. The maximum atomic E-state index is 12.6. The maximum absolute atomic E-state index is 12.6. The topological polar surface area (TPSA) is 122 Å². The van der Waals surface area contributed by atoms with Gasteiger partial charge in [0.25, 0.3) is 11.6 Å². The Morgan fingerprint density at radius 1 is 1.46 bits per heavy atom. The number of halogens is 1. The summed E-state index contributed by atoms with van der Waals surface area (Å²) in [7, 11) is 1.18. The number of rotatable bonds is 6. The molecule has 2 N–H and O–H groups in total. The van der Waals surface area contributed by atoms with E-state index in [4.69, 9.17) is 9.84 Å². The third kappa shape index (κ3) is 3.56. The molecule has 0 atom stereocenters. The molecule has 1 aliphatic heterocycles. The first kappa shape index (κ1) is 19.9. The largest absolute Gasteiger partial charge is 0.466 e. The number of anilines is 1. The van der Waals surface area contributed by atoms with Gasteiger partial charge in [0.1, 0.15) is 11.4 Å². The van der Waals surface area contributed by atoms with E-state index in [0.29, 0.717) is 10.0 Å². The molecule has 0 bridgehead atoms. The number of hydrogen-bond donors (Lipinski definition) is 2. The van der Waals surface area contributed by atoms with Crippen molar-refractivity contribution in [2.24, 2.45) is 0 Å². The van der Waals surface area contributed by atoms with Gasteiger partial charge >= 0.3 is 5.97 Å². The van der Waals surface area contributed by atoms with Crippen molar-refractivity contribution < 1.29 is 24.4 Å². The van der Waals surface area contributed by atoms with Crippen molar-refractivity contribution in [2.75, 3.05) is 32.1 Å². The Bertz CT molecular complexity index is 821. The average Bonchev–Trinajstić information content (AvgIpc) is 2.90. The number of aliphatic hydroxyl groups excluding tert-OH is 1. The first-order chi connectivity index (χ1) is 12.2. The number of nitro groups is 1. The molecule has 0 spiro atoms. The van der Waals surface area contributed by atoms with Crippen LogP contribution in [0, 0.1) is 24.0 Å². The van der Waals surface area contributed by atoms with Gasteiger partial charge in [-0.15, -0.1) is 0 Å². The fourth-order valence-corrected chi connectivity index (χ4v) is 3.15. The van der Waals surface area contributed by atoms with E-state index in [1.807, 2.05) is 0 Å². The van der Waals surface area contributed by atoms with E-state index in [1.165, 1.54) is 18.1 Å². The molecular formula is C16H18BrN3O6. The van der Waals surface area contributed by atoms with Gasteiger partial charge in [-0.25, -0.2) is 4.79 Å². The van der Waals surface area contributed by atoms with Crippen LogP contribution in [0.4, 0.5) is 11.4 Å². The van der Waals surface area contributed by atoms with Gasteiger partial charge in [-0.05, 0) is 25.0 Å². The highest BCUT2D eigenvalue weighted by molar-refractivity contribution is 9.10. The minimum atomic E-state index is -0.713. The molecule has 0 saturated heterocycles. The van der Waals surface area contributed by atoms with Gasteiger partial charge in [0.05, 0.1) is 30.8 Å². The van der Waals surface area contributed by atoms with Crippen molar-refractivity contribution in [2.45, 2.75) is 13.8 Å². The lowest BCUT2D eigenvalue weighted by Crippen LogP contribution is -2.31. The van der Waals surface area contributed by atoms with Crippen molar-refractivity contribution in [3.8, 4) is 0 Å². The second-order valence-electron chi connectivity index (χ2n) is 5.68. The Hall–Kier alpha value is -2.46. The number of aliphatic hydroxyl groups is 1. The van der Waals surface area contributed by atoms with Crippen molar-refractivity contribution >= 4 is 39.2 Å². The summed E-state index contributed by atoms with van der Waals surface area (Å²) in [6.45, 7) is 3.17. The van der Waals surface area contributed by atoms with Gasteiger partial charge in [0, 0.05) is 17.1 Å². The number of β-amino-alcohol motifs (C(OH)–C–C–N with tert-alkyl or cyclic N) is 1. The molecule has 140 valence electrons. The predicted molar refractivity (Wildman–Crippen MR) is 96.6 cm³/mol. The molecule has 1 amide bonds. The predicted octanol–water partition coefficient (Wildman–Crippen LogP) is 1.65. The number of amides is 1. The SMILES string of the molecule is COC(=O)C1=C(Nc2c([N+](=O)[O-])cc(Br)c(C)c2C)C(=O)N(CCO)C1. The summed E-state index contributed by atoms with van der Waals surface area (Å²) in [4.78, 5) is 36.8. The second-order valence-corrected chi connectivity index (χ2v) is 6.53. The number of benzene rings is 1. The highest BCUT2D eigenvalue weighted by Gasteiger charge is 2.36. The minimum Gasteiger partial charge on any atom is -0.466 e. The monoisotopic (exact) mass is 427 g/mol. The molecule has 0 saturated carbocycles. The van der Waals surface area contributed by atoms with E-state index in [1.54, 1.807) is 13.8 Å². The zero-order chi connectivity index (χ0) is 19.6. The third-order valence-electron chi connectivity index (χ3n) is 4.22. The molecule has 2 rings (SSSR count).